The van der Waals surface area contributed by atoms with Gasteiger partial charge in [0.25, 0.3) is 0 Å². The Morgan fingerprint density at radius 3 is 2.92 bits per heavy atom. The van der Waals surface area contributed by atoms with Crippen molar-refractivity contribution in [1.29, 1.82) is 0 Å². The number of carbonyl (C=O) groups excluding carboxylic acids is 1. The third-order valence-corrected chi connectivity index (χ3v) is 6.28. The van der Waals surface area contributed by atoms with Crippen molar-refractivity contribution in [2.75, 3.05) is 24.6 Å². The van der Waals surface area contributed by atoms with Gasteiger partial charge in [-0.1, -0.05) is 11.6 Å². The molecule has 24 heavy (non-hydrogen) atoms. The van der Waals surface area contributed by atoms with Crippen molar-refractivity contribution < 1.29 is 13.2 Å². The van der Waals surface area contributed by atoms with E-state index in [1.165, 1.54) is 18.4 Å². The molecule has 2 aliphatic rings. The van der Waals surface area contributed by atoms with Crippen LogP contribution in [0.25, 0.3) is 0 Å². The molecule has 1 aliphatic heterocycles. The molecule has 1 N–H and O–H groups in total. The van der Waals surface area contributed by atoms with Crippen LogP contribution in [0, 0.1) is 0 Å². The second-order valence-corrected chi connectivity index (χ2v) is 8.77. The van der Waals surface area contributed by atoms with E-state index in [-0.39, 0.29) is 24.1 Å². The van der Waals surface area contributed by atoms with Gasteiger partial charge < -0.3 is 10.2 Å². The molecule has 132 valence electrons. The Kier molecular flexibility index (Phi) is 4.93. The fourth-order valence-corrected chi connectivity index (χ4v) is 4.79. The maximum Gasteiger partial charge on any atom is 0.318 e. The van der Waals surface area contributed by atoms with Crippen molar-refractivity contribution in [2.24, 2.45) is 7.05 Å². The van der Waals surface area contributed by atoms with Gasteiger partial charge in [0.2, 0.25) is 0 Å². The molecule has 0 bridgehead atoms. The standard InChI is InChI=1S/C16H24N4O3S/c1-19-11-14(10-18-19)15-12-24(22,23)8-7-20(15)16(21)17-9-13-5-3-2-4-6-13/h5,10-11,15H,2-4,6-9,12H2,1H3,(H,17,21). The molecule has 0 spiro atoms. The fraction of sp³-hybridized carbons (Fsp3) is 0.625. The first-order valence-electron chi connectivity index (χ1n) is 8.36. The van der Waals surface area contributed by atoms with E-state index in [0.29, 0.717) is 6.54 Å². The molecule has 1 fully saturated rings. The Labute approximate surface area is 142 Å². The highest BCUT2D eigenvalue weighted by atomic mass is 32.2. The van der Waals surface area contributed by atoms with Crippen LogP contribution >= 0.6 is 0 Å². The summed E-state index contributed by atoms with van der Waals surface area (Å²) >= 11 is 0. The highest BCUT2D eigenvalue weighted by molar-refractivity contribution is 7.91. The van der Waals surface area contributed by atoms with Crippen molar-refractivity contribution in [3.8, 4) is 0 Å². The first kappa shape index (κ1) is 17.0. The average molecular weight is 352 g/mol. The van der Waals surface area contributed by atoms with Gasteiger partial charge in [-0.15, -0.1) is 0 Å². The summed E-state index contributed by atoms with van der Waals surface area (Å²) in [6, 6.07) is -0.678. The first-order valence-corrected chi connectivity index (χ1v) is 10.2. The third kappa shape index (κ3) is 3.98. The van der Waals surface area contributed by atoms with E-state index < -0.39 is 15.9 Å². The summed E-state index contributed by atoms with van der Waals surface area (Å²) in [6.45, 7) is 0.759. The molecule has 3 rings (SSSR count). The van der Waals surface area contributed by atoms with Gasteiger partial charge in [-0.3, -0.25) is 4.68 Å². The van der Waals surface area contributed by atoms with E-state index in [0.717, 1.165) is 18.4 Å². The Morgan fingerprint density at radius 1 is 1.42 bits per heavy atom. The number of sulfone groups is 1. The lowest BCUT2D eigenvalue weighted by atomic mass is 10.00. The van der Waals surface area contributed by atoms with E-state index in [1.807, 2.05) is 0 Å². The molecule has 2 heterocycles. The van der Waals surface area contributed by atoms with Crippen LogP contribution in [0.4, 0.5) is 4.79 Å². The van der Waals surface area contributed by atoms with Crippen LogP contribution < -0.4 is 5.32 Å². The van der Waals surface area contributed by atoms with Crippen LogP contribution in [0.3, 0.4) is 0 Å². The molecule has 1 aliphatic carbocycles. The number of carbonyl (C=O) groups is 1. The van der Waals surface area contributed by atoms with Gasteiger partial charge in [0.15, 0.2) is 9.84 Å². The summed E-state index contributed by atoms with van der Waals surface area (Å²) in [5, 5.41) is 7.06. The Morgan fingerprint density at radius 2 is 2.25 bits per heavy atom. The monoisotopic (exact) mass is 352 g/mol. The second-order valence-electron chi connectivity index (χ2n) is 6.54. The molecule has 1 aromatic heterocycles. The Bertz CT molecular complexity index is 738. The molecule has 7 nitrogen and oxygen atoms in total. The van der Waals surface area contributed by atoms with Crippen molar-refractivity contribution in [1.82, 2.24) is 20.0 Å². The van der Waals surface area contributed by atoms with Crippen LogP contribution in [0.2, 0.25) is 0 Å². The van der Waals surface area contributed by atoms with Gasteiger partial charge in [-0.25, -0.2) is 13.2 Å². The lowest BCUT2D eigenvalue weighted by molar-refractivity contribution is 0.181. The molecular formula is C16H24N4O3S. The highest BCUT2D eigenvalue weighted by Crippen LogP contribution is 2.26. The number of nitrogens with zero attached hydrogens (tertiary/aromatic N) is 3. The summed E-state index contributed by atoms with van der Waals surface area (Å²) in [6.07, 6.45) is 10.1. The molecular weight excluding hydrogens is 328 g/mol. The number of aryl methyl sites for hydroxylation is 1. The average Bonchev–Trinajstić information content (AvgIpc) is 2.99. The molecule has 0 saturated carbocycles. The number of nitrogens with one attached hydrogen (secondary N) is 1. The molecule has 1 atom stereocenters. The van der Waals surface area contributed by atoms with Crippen molar-refractivity contribution in [3.63, 3.8) is 0 Å². The zero-order valence-corrected chi connectivity index (χ0v) is 14.8. The topological polar surface area (TPSA) is 84.3 Å². The van der Waals surface area contributed by atoms with Crippen molar-refractivity contribution in [2.45, 2.75) is 31.7 Å². The number of rotatable bonds is 3. The molecule has 2 amide bonds. The maximum atomic E-state index is 12.6. The van der Waals surface area contributed by atoms with Crippen LogP contribution in [-0.4, -0.2) is 53.7 Å². The van der Waals surface area contributed by atoms with Crippen LogP contribution in [-0.2, 0) is 16.9 Å². The Hall–Kier alpha value is -1.83. The summed E-state index contributed by atoms with van der Waals surface area (Å²) in [5.74, 6) is -0.0330. The van der Waals surface area contributed by atoms with Crippen LogP contribution in [0.15, 0.2) is 24.0 Å². The lowest BCUT2D eigenvalue weighted by Gasteiger charge is -2.35. The van der Waals surface area contributed by atoms with Gasteiger partial charge in [0, 0.05) is 31.9 Å². The quantitative estimate of drug-likeness (QED) is 0.834. The highest BCUT2D eigenvalue weighted by Gasteiger charge is 2.35. The van der Waals surface area contributed by atoms with Gasteiger partial charge in [-0.2, -0.15) is 5.10 Å². The normalized spacial score (nSPS) is 23.6. The summed E-state index contributed by atoms with van der Waals surface area (Å²) in [7, 11) is -1.36. The zero-order valence-electron chi connectivity index (χ0n) is 13.9. The third-order valence-electron chi connectivity index (χ3n) is 4.65. The predicted octanol–water partition coefficient (Wildman–Crippen LogP) is 1.40. The molecule has 1 unspecified atom stereocenters. The summed E-state index contributed by atoms with van der Waals surface area (Å²) in [5.41, 5.74) is 2.02. The van der Waals surface area contributed by atoms with Gasteiger partial charge in [-0.05, 0) is 25.7 Å². The number of urea groups is 1. The SMILES string of the molecule is Cn1cc(C2CS(=O)(=O)CCN2C(=O)NCC2=CCCCC2)cn1. The number of allylic oxidation sites excluding steroid dienone is 1. The first-order chi connectivity index (χ1) is 11.4. The van der Waals surface area contributed by atoms with E-state index in [4.69, 9.17) is 0 Å². The largest absolute Gasteiger partial charge is 0.334 e. The minimum Gasteiger partial charge on any atom is -0.334 e. The summed E-state index contributed by atoms with van der Waals surface area (Å²) in [4.78, 5) is 14.2. The number of hydrogen-bond acceptors (Lipinski definition) is 4. The molecule has 1 saturated heterocycles. The smallest absolute Gasteiger partial charge is 0.318 e. The van der Waals surface area contributed by atoms with E-state index >= 15 is 0 Å². The zero-order chi connectivity index (χ0) is 17.2. The van der Waals surface area contributed by atoms with Gasteiger partial charge in [0.05, 0.1) is 23.7 Å². The molecule has 0 aromatic carbocycles. The van der Waals surface area contributed by atoms with Gasteiger partial charge in [0.1, 0.15) is 0 Å². The lowest BCUT2D eigenvalue weighted by Crippen LogP contribution is -2.50. The van der Waals surface area contributed by atoms with Crippen molar-refractivity contribution in [3.05, 3.63) is 29.6 Å². The van der Waals surface area contributed by atoms with E-state index in [1.54, 1.807) is 29.0 Å². The van der Waals surface area contributed by atoms with E-state index in [9.17, 15) is 13.2 Å². The molecule has 1 aromatic rings. The molecule has 8 heteroatoms. The summed E-state index contributed by atoms with van der Waals surface area (Å²) < 4.78 is 25.7. The number of hydrogen-bond donors (Lipinski definition) is 1. The minimum absolute atomic E-state index is 0.0138. The van der Waals surface area contributed by atoms with Crippen LogP contribution in [0.1, 0.15) is 37.3 Å². The fourth-order valence-electron chi connectivity index (χ4n) is 3.29. The van der Waals surface area contributed by atoms with Crippen molar-refractivity contribution >= 4 is 15.9 Å². The Balaban J connectivity index is 1.71. The van der Waals surface area contributed by atoms with E-state index in [2.05, 4.69) is 16.5 Å². The maximum absolute atomic E-state index is 12.6. The minimum atomic E-state index is -3.14. The second kappa shape index (κ2) is 6.96. The molecule has 0 radical (unpaired) electrons. The van der Waals surface area contributed by atoms with Gasteiger partial charge >= 0.3 is 6.03 Å². The predicted molar refractivity (Wildman–Crippen MR) is 91.3 cm³/mol. The number of aromatic nitrogens is 2. The number of amides is 2. The van der Waals surface area contributed by atoms with Crippen LogP contribution in [0.5, 0.6) is 0 Å².